The van der Waals surface area contributed by atoms with Crippen LogP contribution in [0.15, 0.2) is 18.2 Å². The van der Waals surface area contributed by atoms with E-state index in [2.05, 4.69) is 10.6 Å². The Kier molecular flexibility index (Phi) is 6.76. The Morgan fingerprint density at radius 3 is 2.65 bits per heavy atom. The first kappa shape index (κ1) is 15.9. The number of nitrogens with one attached hydrogen (secondary N) is 2. The van der Waals surface area contributed by atoms with Gasteiger partial charge in [-0.05, 0) is 38.6 Å². The molecule has 17 heavy (non-hydrogen) atoms. The summed E-state index contributed by atoms with van der Waals surface area (Å²) < 4.78 is 13.2. The van der Waals surface area contributed by atoms with Gasteiger partial charge in [0.15, 0.2) is 0 Å². The number of carbonyl (C=O) groups is 1. The summed E-state index contributed by atoms with van der Waals surface area (Å²) in [5, 5.41) is 5.73. The molecule has 0 aliphatic heterocycles. The van der Waals surface area contributed by atoms with Gasteiger partial charge < -0.3 is 10.6 Å². The lowest BCUT2D eigenvalue weighted by atomic mass is 10.1. The van der Waals surface area contributed by atoms with Gasteiger partial charge in [0.2, 0.25) is 0 Å². The number of carbonyl (C=O) groups excluding carboxylic acids is 1. The lowest BCUT2D eigenvalue weighted by Gasteiger charge is -2.11. The molecule has 0 radical (unpaired) electrons. The molecule has 0 fully saturated rings. The quantitative estimate of drug-likeness (QED) is 0.868. The molecule has 0 saturated carbocycles. The van der Waals surface area contributed by atoms with Crippen LogP contribution >= 0.6 is 12.4 Å². The molecule has 0 spiro atoms. The van der Waals surface area contributed by atoms with Gasteiger partial charge in [-0.3, -0.25) is 4.79 Å². The molecular weight excluding hydrogens is 243 g/mol. The van der Waals surface area contributed by atoms with Crippen LogP contribution in [-0.4, -0.2) is 25.5 Å². The van der Waals surface area contributed by atoms with Gasteiger partial charge in [0.05, 0.1) is 0 Å². The van der Waals surface area contributed by atoms with E-state index in [0.29, 0.717) is 17.7 Å². The molecule has 0 aromatic heterocycles. The molecule has 0 aliphatic rings. The van der Waals surface area contributed by atoms with E-state index in [4.69, 9.17) is 0 Å². The van der Waals surface area contributed by atoms with Crippen LogP contribution in [0.5, 0.6) is 0 Å². The zero-order valence-corrected chi connectivity index (χ0v) is 11.0. The normalized spacial score (nSPS) is 11.5. The number of halogens is 2. The zero-order valence-electron chi connectivity index (χ0n) is 10.2. The van der Waals surface area contributed by atoms with Crippen molar-refractivity contribution >= 4 is 18.3 Å². The van der Waals surface area contributed by atoms with Crippen molar-refractivity contribution in [3.05, 3.63) is 35.1 Å². The molecule has 0 heterocycles. The maximum Gasteiger partial charge on any atom is 0.251 e. The molecule has 96 valence electrons. The van der Waals surface area contributed by atoms with Gasteiger partial charge in [0.1, 0.15) is 5.82 Å². The highest BCUT2D eigenvalue weighted by molar-refractivity contribution is 5.94. The van der Waals surface area contributed by atoms with Crippen molar-refractivity contribution in [2.75, 3.05) is 13.6 Å². The lowest BCUT2D eigenvalue weighted by molar-refractivity contribution is 0.0950. The maximum atomic E-state index is 13.2. The van der Waals surface area contributed by atoms with Crippen molar-refractivity contribution in [1.29, 1.82) is 0 Å². The molecule has 2 N–H and O–H groups in total. The van der Waals surface area contributed by atoms with Crippen LogP contribution in [0.25, 0.3) is 0 Å². The fraction of sp³-hybridized carbons (Fsp3) is 0.417. The van der Waals surface area contributed by atoms with Gasteiger partial charge in [-0.2, -0.15) is 0 Å². The van der Waals surface area contributed by atoms with E-state index in [9.17, 15) is 9.18 Å². The van der Waals surface area contributed by atoms with Crippen molar-refractivity contribution in [1.82, 2.24) is 10.6 Å². The summed E-state index contributed by atoms with van der Waals surface area (Å²) >= 11 is 0. The first-order valence-corrected chi connectivity index (χ1v) is 5.26. The molecule has 1 rings (SSSR count). The number of amides is 1. The van der Waals surface area contributed by atoms with Crippen molar-refractivity contribution in [3.63, 3.8) is 0 Å². The van der Waals surface area contributed by atoms with Crippen molar-refractivity contribution in [3.8, 4) is 0 Å². The average molecular weight is 261 g/mol. The van der Waals surface area contributed by atoms with E-state index in [-0.39, 0.29) is 30.2 Å². The van der Waals surface area contributed by atoms with Crippen LogP contribution in [0, 0.1) is 12.7 Å². The Hall–Kier alpha value is -1.13. The monoisotopic (exact) mass is 260 g/mol. The van der Waals surface area contributed by atoms with Crippen molar-refractivity contribution in [2.24, 2.45) is 0 Å². The van der Waals surface area contributed by atoms with E-state index in [0.717, 1.165) is 0 Å². The first-order chi connectivity index (χ1) is 7.54. The largest absolute Gasteiger partial charge is 0.350 e. The maximum absolute atomic E-state index is 13.2. The molecule has 0 saturated heterocycles. The highest BCUT2D eigenvalue weighted by Gasteiger charge is 2.08. The molecule has 1 atom stereocenters. The minimum absolute atomic E-state index is 0. The topological polar surface area (TPSA) is 41.1 Å². The Morgan fingerprint density at radius 1 is 1.47 bits per heavy atom. The summed E-state index contributed by atoms with van der Waals surface area (Å²) in [7, 11) is 1.82. The van der Waals surface area contributed by atoms with E-state index >= 15 is 0 Å². The second kappa shape index (κ2) is 7.25. The summed E-state index contributed by atoms with van der Waals surface area (Å²) in [6.07, 6.45) is 0. The van der Waals surface area contributed by atoms with Crippen LogP contribution in [0.2, 0.25) is 0 Å². The van der Waals surface area contributed by atoms with Gasteiger partial charge in [-0.25, -0.2) is 4.39 Å². The fourth-order valence-corrected chi connectivity index (χ4v) is 1.18. The Morgan fingerprint density at radius 2 is 2.12 bits per heavy atom. The average Bonchev–Trinajstić information content (AvgIpc) is 2.29. The van der Waals surface area contributed by atoms with Gasteiger partial charge in [-0.1, -0.05) is 6.07 Å². The fourth-order valence-electron chi connectivity index (χ4n) is 1.18. The third-order valence-electron chi connectivity index (χ3n) is 2.50. The van der Waals surface area contributed by atoms with Gasteiger partial charge in [-0.15, -0.1) is 12.4 Å². The summed E-state index contributed by atoms with van der Waals surface area (Å²) in [6.45, 7) is 4.14. The summed E-state index contributed by atoms with van der Waals surface area (Å²) in [5.41, 5.74) is 0.895. The Bertz CT molecular complexity index is 385. The lowest BCUT2D eigenvalue weighted by Crippen LogP contribution is -2.37. The molecular formula is C12H18ClFN2O. The highest BCUT2D eigenvalue weighted by Crippen LogP contribution is 2.08. The highest BCUT2D eigenvalue weighted by atomic mass is 35.5. The minimum Gasteiger partial charge on any atom is -0.350 e. The molecule has 3 nitrogen and oxygen atoms in total. The molecule has 1 aromatic rings. The first-order valence-electron chi connectivity index (χ1n) is 5.26. The predicted molar refractivity (Wildman–Crippen MR) is 69.2 cm³/mol. The van der Waals surface area contributed by atoms with E-state index in [1.54, 1.807) is 19.1 Å². The molecule has 5 heteroatoms. The minimum atomic E-state index is -0.352. The zero-order chi connectivity index (χ0) is 12.1. The van der Waals surface area contributed by atoms with Gasteiger partial charge >= 0.3 is 0 Å². The number of hydrogen-bond donors (Lipinski definition) is 2. The van der Waals surface area contributed by atoms with Crippen molar-refractivity contribution < 1.29 is 9.18 Å². The number of rotatable bonds is 4. The van der Waals surface area contributed by atoms with Crippen LogP contribution in [0.4, 0.5) is 4.39 Å². The summed E-state index contributed by atoms with van der Waals surface area (Å²) in [5.74, 6) is -0.602. The van der Waals surface area contributed by atoms with E-state index < -0.39 is 0 Å². The molecule has 1 aromatic carbocycles. The SMILES string of the molecule is CNC(C)CNC(=O)c1ccc(C)c(F)c1.Cl. The van der Waals surface area contributed by atoms with Gasteiger partial charge in [0, 0.05) is 18.2 Å². The number of hydrogen-bond acceptors (Lipinski definition) is 2. The second-order valence-electron chi connectivity index (χ2n) is 3.86. The van der Waals surface area contributed by atoms with Gasteiger partial charge in [0.25, 0.3) is 5.91 Å². The third kappa shape index (κ3) is 4.71. The van der Waals surface area contributed by atoms with E-state index in [1.807, 2.05) is 14.0 Å². The molecule has 0 bridgehead atoms. The van der Waals surface area contributed by atoms with Crippen LogP contribution in [-0.2, 0) is 0 Å². The van der Waals surface area contributed by atoms with E-state index in [1.165, 1.54) is 6.07 Å². The number of likely N-dealkylation sites (N-methyl/N-ethyl adjacent to an activating group) is 1. The van der Waals surface area contributed by atoms with Crippen LogP contribution in [0.1, 0.15) is 22.8 Å². The second-order valence-corrected chi connectivity index (χ2v) is 3.86. The summed E-state index contributed by atoms with van der Waals surface area (Å²) in [6, 6.07) is 4.68. The Labute approximate surface area is 107 Å². The van der Waals surface area contributed by atoms with Crippen molar-refractivity contribution in [2.45, 2.75) is 19.9 Å². The summed E-state index contributed by atoms with van der Waals surface area (Å²) in [4.78, 5) is 11.6. The standard InChI is InChI=1S/C12H17FN2O.ClH/c1-8-4-5-10(6-11(8)13)12(16)15-7-9(2)14-3;/h4-6,9,14H,7H2,1-3H3,(H,15,16);1H. The molecule has 0 aliphatic carbocycles. The third-order valence-corrected chi connectivity index (χ3v) is 2.50. The van der Waals surface area contributed by atoms with Crippen LogP contribution in [0.3, 0.4) is 0 Å². The predicted octanol–water partition coefficient (Wildman–Crippen LogP) is 1.89. The smallest absolute Gasteiger partial charge is 0.251 e. The molecule has 1 unspecified atom stereocenters. The van der Waals surface area contributed by atoms with Crippen LogP contribution < -0.4 is 10.6 Å². The molecule has 1 amide bonds. The number of benzene rings is 1. The Balaban J connectivity index is 0.00000256. The number of aryl methyl sites for hydroxylation is 1.